The number of aromatic hydroxyl groups is 1. The zero-order valence-electron chi connectivity index (χ0n) is 8.69. The molecule has 0 aliphatic heterocycles. The lowest BCUT2D eigenvalue weighted by Gasteiger charge is -2.05. The highest BCUT2D eigenvalue weighted by Crippen LogP contribution is 2.15. The number of carbonyl (C=O) groups excluding carboxylic acids is 1. The van der Waals surface area contributed by atoms with Crippen molar-refractivity contribution >= 4 is 5.91 Å². The summed E-state index contributed by atoms with van der Waals surface area (Å²) in [5.41, 5.74) is 0. The highest BCUT2D eigenvalue weighted by Gasteiger charge is 1.99. The lowest BCUT2D eigenvalue weighted by Crippen LogP contribution is -2.24. The third-order valence-corrected chi connectivity index (χ3v) is 1.81. The lowest BCUT2D eigenvalue weighted by atomic mass is 10.3. The molecular formula is C11H15NO3. The largest absolute Gasteiger partial charge is 0.508 e. The summed E-state index contributed by atoms with van der Waals surface area (Å²) in [6, 6.07) is 6.41. The molecule has 0 aliphatic rings. The van der Waals surface area contributed by atoms with Crippen LogP contribution in [0.3, 0.4) is 0 Å². The molecule has 1 aromatic rings. The summed E-state index contributed by atoms with van der Waals surface area (Å²) in [6.45, 7) is 2.85. The number of ether oxygens (including phenoxy) is 1. The number of hydrogen-bond donors (Lipinski definition) is 2. The van der Waals surface area contributed by atoms with Crippen LogP contribution in [0.2, 0.25) is 0 Å². The van der Waals surface area contributed by atoms with Crippen LogP contribution in [-0.2, 0) is 4.79 Å². The van der Waals surface area contributed by atoms with Crippen molar-refractivity contribution in [2.24, 2.45) is 0 Å². The van der Waals surface area contributed by atoms with E-state index in [1.165, 1.54) is 0 Å². The van der Waals surface area contributed by atoms with Gasteiger partial charge in [0, 0.05) is 6.54 Å². The molecule has 0 unspecified atom stereocenters. The van der Waals surface area contributed by atoms with Gasteiger partial charge < -0.3 is 15.2 Å². The second-order valence-electron chi connectivity index (χ2n) is 3.05. The monoisotopic (exact) mass is 209 g/mol. The Morgan fingerprint density at radius 1 is 1.40 bits per heavy atom. The smallest absolute Gasteiger partial charge is 0.223 e. The summed E-state index contributed by atoms with van der Waals surface area (Å²) < 4.78 is 5.31. The van der Waals surface area contributed by atoms with E-state index in [-0.39, 0.29) is 11.7 Å². The van der Waals surface area contributed by atoms with Crippen LogP contribution < -0.4 is 10.1 Å². The first-order valence-electron chi connectivity index (χ1n) is 4.91. The van der Waals surface area contributed by atoms with Crippen molar-refractivity contribution in [3.8, 4) is 11.5 Å². The predicted molar refractivity (Wildman–Crippen MR) is 56.9 cm³/mol. The summed E-state index contributed by atoms with van der Waals surface area (Å²) in [6.07, 6.45) is 0.342. The van der Waals surface area contributed by atoms with Gasteiger partial charge in [0.1, 0.15) is 11.5 Å². The Kier molecular flexibility index (Phi) is 4.47. The molecule has 1 aromatic carbocycles. The van der Waals surface area contributed by atoms with Gasteiger partial charge in [0.15, 0.2) is 0 Å². The summed E-state index contributed by atoms with van der Waals surface area (Å²) in [4.78, 5) is 11.1. The highest BCUT2D eigenvalue weighted by molar-refractivity contribution is 5.75. The Balaban J connectivity index is 2.26. The van der Waals surface area contributed by atoms with Crippen molar-refractivity contribution in [2.75, 3.05) is 13.2 Å². The summed E-state index contributed by atoms with van der Waals surface area (Å²) in [5.74, 6) is 0.833. The SMILES string of the molecule is CCNC(=O)CCOc1ccc(O)cc1. The number of amides is 1. The Morgan fingerprint density at radius 3 is 2.67 bits per heavy atom. The average Bonchev–Trinajstić information content (AvgIpc) is 2.21. The first-order chi connectivity index (χ1) is 7.22. The van der Waals surface area contributed by atoms with Gasteiger partial charge in [-0.2, -0.15) is 0 Å². The molecule has 0 fully saturated rings. The molecule has 4 nitrogen and oxygen atoms in total. The third-order valence-electron chi connectivity index (χ3n) is 1.81. The summed E-state index contributed by atoms with van der Waals surface area (Å²) in [5, 5.41) is 11.7. The van der Waals surface area contributed by atoms with E-state index in [1.54, 1.807) is 24.3 Å². The zero-order valence-corrected chi connectivity index (χ0v) is 8.69. The molecule has 0 aliphatic carbocycles. The van der Waals surface area contributed by atoms with E-state index >= 15 is 0 Å². The number of carbonyl (C=O) groups is 1. The molecule has 82 valence electrons. The van der Waals surface area contributed by atoms with Crippen molar-refractivity contribution in [1.82, 2.24) is 5.32 Å². The minimum Gasteiger partial charge on any atom is -0.508 e. The fraction of sp³-hybridized carbons (Fsp3) is 0.364. The highest BCUT2D eigenvalue weighted by atomic mass is 16.5. The quantitative estimate of drug-likeness (QED) is 0.768. The van der Waals surface area contributed by atoms with E-state index in [9.17, 15) is 4.79 Å². The molecule has 1 rings (SSSR count). The number of phenols is 1. The number of hydrogen-bond acceptors (Lipinski definition) is 3. The molecular weight excluding hydrogens is 194 g/mol. The molecule has 0 spiro atoms. The van der Waals surface area contributed by atoms with Crippen molar-refractivity contribution < 1.29 is 14.6 Å². The van der Waals surface area contributed by atoms with Crippen LogP contribution in [0.5, 0.6) is 11.5 Å². The molecule has 4 heteroatoms. The Bertz CT molecular complexity index is 308. The van der Waals surface area contributed by atoms with E-state index in [2.05, 4.69) is 5.32 Å². The van der Waals surface area contributed by atoms with E-state index < -0.39 is 0 Å². The van der Waals surface area contributed by atoms with Gasteiger partial charge in [-0.25, -0.2) is 0 Å². The van der Waals surface area contributed by atoms with Gasteiger partial charge in [-0.1, -0.05) is 0 Å². The van der Waals surface area contributed by atoms with Gasteiger partial charge in [0.2, 0.25) is 5.91 Å². The molecule has 0 heterocycles. The Morgan fingerprint density at radius 2 is 2.07 bits per heavy atom. The van der Waals surface area contributed by atoms with Crippen LogP contribution in [0.1, 0.15) is 13.3 Å². The second-order valence-corrected chi connectivity index (χ2v) is 3.05. The number of benzene rings is 1. The maximum absolute atomic E-state index is 11.1. The van der Waals surface area contributed by atoms with E-state index in [0.717, 1.165) is 0 Å². The van der Waals surface area contributed by atoms with Crippen LogP contribution >= 0.6 is 0 Å². The summed E-state index contributed by atoms with van der Waals surface area (Å²) in [7, 11) is 0. The molecule has 1 amide bonds. The minimum absolute atomic E-state index is 0.0173. The van der Waals surface area contributed by atoms with Crippen molar-refractivity contribution in [3.05, 3.63) is 24.3 Å². The van der Waals surface area contributed by atoms with Gasteiger partial charge in [-0.15, -0.1) is 0 Å². The predicted octanol–water partition coefficient (Wildman–Crippen LogP) is 1.30. The third kappa shape index (κ3) is 4.35. The van der Waals surface area contributed by atoms with Gasteiger partial charge in [0.25, 0.3) is 0 Å². The van der Waals surface area contributed by atoms with Gasteiger partial charge in [-0.05, 0) is 31.2 Å². The standard InChI is InChI=1S/C11H15NO3/c1-2-12-11(14)7-8-15-10-5-3-9(13)4-6-10/h3-6,13H,2,7-8H2,1H3,(H,12,14). The van der Waals surface area contributed by atoms with Gasteiger partial charge in [-0.3, -0.25) is 4.79 Å². The van der Waals surface area contributed by atoms with E-state index in [0.29, 0.717) is 25.3 Å². The second kappa shape index (κ2) is 5.90. The van der Waals surface area contributed by atoms with Crippen molar-refractivity contribution in [2.45, 2.75) is 13.3 Å². The lowest BCUT2D eigenvalue weighted by molar-refractivity contribution is -0.121. The van der Waals surface area contributed by atoms with Crippen LogP contribution in [0.15, 0.2) is 24.3 Å². The number of nitrogens with one attached hydrogen (secondary N) is 1. The van der Waals surface area contributed by atoms with E-state index in [4.69, 9.17) is 9.84 Å². The van der Waals surface area contributed by atoms with Crippen molar-refractivity contribution in [1.29, 1.82) is 0 Å². The average molecular weight is 209 g/mol. The first-order valence-corrected chi connectivity index (χ1v) is 4.91. The normalized spacial score (nSPS) is 9.67. The molecule has 0 aromatic heterocycles. The molecule has 0 saturated carbocycles. The topological polar surface area (TPSA) is 58.6 Å². The zero-order chi connectivity index (χ0) is 11.1. The maximum Gasteiger partial charge on any atom is 0.223 e. The molecule has 0 radical (unpaired) electrons. The van der Waals surface area contributed by atoms with Crippen LogP contribution in [0.4, 0.5) is 0 Å². The molecule has 0 saturated heterocycles. The fourth-order valence-corrected chi connectivity index (χ4v) is 1.09. The fourth-order valence-electron chi connectivity index (χ4n) is 1.09. The molecule has 0 atom stereocenters. The summed E-state index contributed by atoms with van der Waals surface area (Å²) >= 11 is 0. The molecule has 0 bridgehead atoms. The van der Waals surface area contributed by atoms with Gasteiger partial charge >= 0.3 is 0 Å². The number of phenolic OH excluding ortho intramolecular Hbond substituents is 1. The molecule has 15 heavy (non-hydrogen) atoms. The van der Waals surface area contributed by atoms with E-state index in [1.807, 2.05) is 6.92 Å². The Hall–Kier alpha value is -1.71. The van der Waals surface area contributed by atoms with Gasteiger partial charge in [0.05, 0.1) is 13.0 Å². The first kappa shape index (κ1) is 11.4. The van der Waals surface area contributed by atoms with Crippen LogP contribution in [-0.4, -0.2) is 24.2 Å². The van der Waals surface area contributed by atoms with Crippen molar-refractivity contribution in [3.63, 3.8) is 0 Å². The minimum atomic E-state index is -0.0173. The Labute approximate surface area is 88.9 Å². The van der Waals surface area contributed by atoms with Crippen LogP contribution in [0, 0.1) is 0 Å². The number of rotatable bonds is 5. The van der Waals surface area contributed by atoms with Crippen LogP contribution in [0.25, 0.3) is 0 Å². The molecule has 2 N–H and O–H groups in total. The maximum atomic E-state index is 11.1.